The van der Waals surface area contributed by atoms with Gasteiger partial charge in [0.25, 0.3) is 5.70 Å². The van der Waals surface area contributed by atoms with Crippen LogP contribution in [0.1, 0.15) is 48.9 Å². The number of para-hydroxylation sites is 1. The second-order valence-corrected chi connectivity index (χ2v) is 9.30. The van der Waals surface area contributed by atoms with E-state index in [0.29, 0.717) is 6.42 Å². The Balaban J connectivity index is 1.51. The molecule has 5 rings (SSSR count). The molecule has 2 heterocycles. The van der Waals surface area contributed by atoms with Crippen LogP contribution in [0.4, 0.5) is 0 Å². The zero-order valence-electron chi connectivity index (χ0n) is 19.6. The Kier molecular flexibility index (Phi) is 5.60. The molecule has 0 bridgehead atoms. The van der Waals surface area contributed by atoms with Gasteiger partial charge in [0.05, 0.1) is 18.2 Å². The molecule has 0 N–H and O–H groups in total. The van der Waals surface area contributed by atoms with Crippen molar-refractivity contribution in [1.29, 1.82) is 5.26 Å². The average molecular weight is 446 g/mol. The number of rotatable bonds is 3. The summed E-state index contributed by atoms with van der Waals surface area (Å²) in [4.78, 5) is 3.46. The van der Waals surface area contributed by atoms with Gasteiger partial charge in [-0.3, -0.25) is 0 Å². The van der Waals surface area contributed by atoms with Gasteiger partial charge in [-0.25, -0.2) is 10.1 Å². The average Bonchev–Trinajstić information content (AvgIpc) is 3.40. The van der Waals surface area contributed by atoms with Crippen molar-refractivity contribution in [2.75, 3.05) is 0 Å². The maximum absolute atomic E-state index is 9.43. The van der Waals surface area contributed by atoms with E-state index in [1.54, 1.807) is 0 Å². The van der Waals surface area contributed by atoms with Crippen molar-refractivity contribution in [2.45, 2.75) is 51.6 Å². The first-order valence-corrected chi connectivity index (χ1v) is 11.8. The number of hydrogen-bond donors (Lipinski definition) is 0. The zero-order chi connectivity index (χ0) is 23.7. The van der Waals surface area contributed by atoms with E-state index < -0.39 is 0 Å². The predicted molar refractivity (Wildman–Crippen MR) is 136 cm³/mol. The number of ether oxygens (including phenoxy) is 1. The van der Waals surface area contributed by atoms with Crippen LogP contribution < -0.4 is 0 Å². The van der Waals surface area contributed by atoms with Gasteiger partial charge in [-0.05, 0) is 92.6 Å². The summed E-state index contributed by atoms with van der Waals surface area (Å²) in [6.07, 6.45) is 10.7. The topological polar surface area (TPSA) is 42.3 Å². The molecule has 4 nitrogen and oxygen atoms in total. The van der Waals surface area contributed by atoms with Gasteiger partial charge in [-0.15, -0.1) is 0 Å². The molecule has 0 unspecified atom stereocenters. The zero-order valence-corrected chi connectivity index (χ0v) is 19.6. The minimum atomic E-state index is -0.277. The molecule has 0 atom stereocenters. The number of aromatic nitrogens is 1. The minimum absolute atomic E-state index is 0.176. The summed E-state index contributed by atoms with van der Waals surface area (Å²) in [5, 5.41) is 10.7. The lowest BCUT2D eigenvalue weighted by molar-refractivity contribution is 0.00776. The lowest BCUT2D eigenvalue weighted by Crippen LogP contribution is -2.31. The monoisotopic (exact) mass is 445 g/mol. The van der Waals surface area contributed by atoms with E-state index in [-0.39, 0.29) is 11.3 Å². The molecule has 2 aromatic carbocycles. The summed E-state index contributed by atoms with van der Waals surface area (Å²) in [7, 11) is 0. The number of hydrogen-bond acceptors (Lipinski definition) is 2. The van der Waals surface area contributed by atoms with E-state index >= 15 is 0 Å². The van der Waals surface area contributed by atoms with Gasteiger partial charge in [-0.2, -0.15) is 0 Å². The maximum Gasteiger partial charge on any atom is 0.265 e. The highest BCUT2D eigenvalue weighted by Crippen LogP contribution is 2.44. The molecule has 0 saturated heterocycles. The summed E-state index contributed by atoms with van der Waals surface area (Å²) in [6.45, 7) is 11.7. The van der Waals surface area contributed by atoms with Crippen LogP contribution >= 0.6 is 0 Å². The Morgan fingerprint density at radius 1 is 1.12 bits per heavy atom. The van der Waals surface area contributed by atoms with Gasteiger partial charge in [0.1, 0.15) is 11.4 Å². The molecule has 1 saturated carbocycles. The molecule has 1 aromatic heterocycles. The maximum atomic E-state index is 9.43. The molecule has 1 spiro atoms. The summed E-state index contributed by atoms with van der Waals surface area (Å²) < 4.78 is 8.75. The van der Waals surface area contributed by atoms with Crippen LogP contribution in [-0.2, 0) is 4.74 Å². The second-order valence-electron chi connectivity index (χ2n) is 9.30. The fraction of sp³-hybridized carbons (Fsp3) is 0.267. The molecular formula is C30H27N3O. The summed E-state index contributed by atoms with van der Waals surface area (Å²) in [6, 6.07) is 19.0. The summed E-state index contributed by atoms with van der Waals surface area (Å²) >= 11 is 0. The molecule has 2 aliphatic rings. The first-order chi connectivity index (χ1) is 16.5. The normalized spacial score (nSPS) is 18.5. The van der Waals surface area contributed by atoms with Crippen LogP contribution in [0.2, 0.25) is 0 Å². The van der Waals surface area contributed by atoms with Crippen molar-refractivity contribution in [3.05, 3.63) is 106 Å². The first kappa shape index (κ1) is 21.8. The third kappa shape index (κ3) is 3.82. The van der Waals surface area contributed by atoms with Crippen molar-refractivity contribution in [2.24, 2.45) is 0 Å². The number of aryl methyl sites for hydroxylation is 1. The number of fused-ring (bicyclic) bond motifs is 1. The summed E-state index contributed by atoms with van der Waals surface area (Å²) in [5.74, 6) is 0.731. The molecular weight excluding hydrogens is 418 g/mol. The van der Waals surface area contributed by atoms with Gasteiger partial charge >= 0.3 is 0 Å². The van der Waals surface area contributed by atoms with Crippen LogP contribution in [-0.4, -0.2) is 10.2 Å². The number of nitrogens with zero attached hydrogens (tertiary/aromatic N) is 3. The third-order valence-corrected chi connectivity index (χ3v) is 7.20. The summed E-state index contributed by atoms with van der Waals surface area (Å²) in [5.41, 5.74) is 6.65. The van der Waals surface area contributed by atoms with E-state index in [0.717, 1.165) is 48.3 Å². The lowest BCUT2D eigenvalue weighted by atomic mass is 9.88. The largest absolute Gasteiger partial charge is 0.487 e. The Bertz CT molecular complexity index is 1420. The number of nitriles is 1. The Hall–Kier alpha value is -4.02. The molecule has 34 heavy (non-hydrogen) atoms. The third-order valence-electron chi connectivity index (χ3n) is 7.20. The smallest absolute Gasteiger partial charge is 0.265 e. The standard InChI is InChI=1S/C30H27N3O/c1-21-22(2)33(25-9-5-4-6-10-25)29-14-12-23(17-27(21)29)11-13-26-18-24(28(20-31)32-3)19-30(34-26)15-7-8-16-30/h4-6,9-14,17-18H,7-8,15-16,19H2,1-2H3. The van der Waals surface area contributed by atoms with Crippen LogP contribution in [0.3, 0.4) is 0 Å². The predicted octanol–water partition coefficient (Wildman–Crippen LogP) is 7.57. The second kappa shape index (κ2) is 8.73. The number of allylic oxidation sites excluding steroid dienone is 3. The van der Waals surface area contributed by atoms with Crippen molar-refractivity contribution in [1.82, 2.24) is 4.57 Å². The molecule has 1 aliphatic carbocycles. The molecule has 1 fully saturated rings. The fourth-order valence-corrected chi connectivity index (χ4v) is 5.37. The molecule has 4 heteroatoms. The van der Waals surface area contributed by atoms with Crippen LogP contribution in [0.25, 0.3) is 27.5 Å². The van der Waals surface area contributed by atoms with E-state index in [4.69, 9.17) is 11.3 Å². The minimum Gasteiger partial charge on any atom is -0.487 e. The van der Waals surface area contributed by atoms with Gasteiger partial charge in [0, 0.05) is 23.2 Å². The van der Waals surface area contributed by atoms with Gasteiger partial charge in [0.15, 0.2) is 0 Å². The van der Waals surface area contributed by atoms with Crippen LogP contribution in [0, 0.1) is 31.8 Å². The van der Waals surface area contributed by atoms with Crippen LogP contribution in [0.5, 0.6) is 0 Å². The molecule has 168 valence electrons. The number of benzene rings is 2. The van der Waals surface area contributed by atoms with E-state index in [2.05, 4.69) is 77.9 Å². The Labute approximate surface area is 200 Å². The van der Waals surface area contributed by atoms with E-state index in [9.17, 15) is 5.26 Å². The molecule has 0 radical (unpaired) electrons. The fourth-order valence-electron chi connectivity index (χ4n) is 5.37. The SMILES string of the molecule is [C-]#[N+]C(C#N)=C1C=C(C=Cc2ccc3c(c2)c(C)c(C)n3-c2ccccc2)OC2(CCCC2)C1. The van der Waals surface area contributed by atoms with Crippen molar-refractivity contribution in [3.63, 3.8) is 0 Å². The quantitative estimate of drug-likeness (QED) is 0.308. The van der Waals surface area contributed by atoms with Crippen molar-refractivity contribution < 1.29 is 4.74 Å². The highest BCUT2D eigenvalue weighted by atomic mass is 16.5. The molecule has 1 aliphatic heterocycles. The van der Waals surface area contributed by atoms with E-state index in [1.807, 2.05) is 18.2 Å². The molecule has 0 amide bonds. The first-order valence-electron chi connectivity index (χ1n) is 11.8. The van der Waals surface area contributed by atoms with E-state index in [1.165, 1.54) is 22.2 Å². The Morgan fingerprint density at radius 2 is 1.88 bits per heavy atom. The van der Waals surface area contributed by atoms with Crippen LogP contribution in [0.15, 0.2) is 77.7 Å². The van der Waals surface area contributed by atoms with Crippen molar-refractivity contribution >= 4 is 17.0 Å². The van der Waals surface area contributed by atoms with Gasteiger partial charge in [-0.1, -0.05) is 30.3 Å². The Morgan fingerprint density at radius 3 is 2.59 bits per heavy atom. The lowest BCUT2D eigenvalue weighted by Gasteiger charge is -2.35. The highest BCUT2D eigenvalue weighted by Gasteiger charge is 2.39. The van der Waals surface area contributed by atoms with Crippen molar-refractivity contribution in [3.8, 4) is 11.8 Å². The van der Waals surface area contributed by atoms with Gasteiger partial charge in [0.2, 0.25) is 0 Å². The van der Waals surface area contributed by atoms with Gasteiger partial charge < -0.3 is 9.30 Å². The molecule has 3 aromatic rings. The highest BCUT2D eigenvalue weighted by molar-refractivity contribution is 5.89.